The molecular formula is C18H19FN4O5. The number of carbonyl (C=O) groups is 2. The van der Waals surface area contributed by atoms with Crippen LogP contribution in [0.4, 0.5) is 4.39 Å². The van der Waals surface area contributed by atoms with Gasteiger partial charge in [0.15, 0.2) is 6.61 Å². The average Bonchev–Trinajstić information content (AvgIpc) is 2.80. The van der Waals surface area contributed by atoms with Gasteiger partial charge in [-0.25, -0.2) is 9.18 Å². The Morgan fingerprint density at radius 1 is 1.21 bits per heavy atom. The van der Waals surface area contributed by atoms with E-state index < -0.39 is 17.1 Å². The van der Waals surface area contributed by atoms with Crippen molar-refractivity contribution < 1.29 is 18.7 Å². The Hall–Kier alpha value is -3.43. The number of hydrogen-bond donors (Lipinski definition) is 2. The van der Waals surface area contributed by atoms with Crippen molar-refractivity contribution in [2.75, 3.05) is 19.7 Å². The van der Waals surface area contributed by atoms with Crippen molar-refractivity contribution in [3.8, 4) is 5.75 Å². The lowest BCUT2D eigenvalue weighted by molar-refractivity contribution is -0.133. The smallest absolute Gasteiger partial charge is 0.328 e. The van der Waals surface area contributed by atoms with Gasteiger partial charge in [0.1, 0.15) is 11.6 Å². The van der Waals surface area contributed by atoms with Crippen LogP contribution in [0.25, 0.3) is 0 Å². The fourth-order valence-corrected chi connectivity index (χ4v) is 2.80. The summed E-state index contributed by atoms with van der Waals surface area (Å²) in [5, 5.41) is 2.67. The number of ether oxygens (including phenoxy) is 1. The Morgan fingerprint density at radius 2 is 2.04 bits per heavy atom. The molecule has 0 atom stereocenters. The summed E-state index contributed by atoms with van der Waals surface area (Å²) in [6.07, 6.45) is 1.36. The predicted molar refractivity (Wildman–Crippen MR) is 96.3 cm³/mol. The van der Waals surface area contributed by atoms with Gasteiger partial charge in [0.05, 0.1) is 0 Å². The molecule has 9 nitrogen and oxygen atoms in total. The number of hydrogen-bond acceptors (Lipinski definition) is 5. The molecule has 148 valence electrons. The molecule has 1 aromatic carbocycles. The molecule has 0 saturated heterocycles. The van der Waals surface area contributed by atoms with Crippen LogP contribution in [0.15, 0.2) is 40.1 Å². The lowest BCUT2D eigenvalue weighted by Gasteiger charge is -2.20. The van der Waals surface area contributed by atoms with Crippen molar-refractivity contribution in [2.45, 2.75) is 19.5 Å². The quantitative estimate of drug-likeness (QED) is 0.697. The highest BCUT2D eigenvalue weighted by molar-refractivity contribution is 5.79. The Labute approximate surface area is 158 Å². The Kier molecular flexibility index (Phi) is 5.87. The largest absolute Gasteiger partial charge is 0.483 e. The zero-order valence-electron chi connectivity index (χ0n) is 14.9. The minimum Gasteiger partial charge on any atom is -0.483 e. The van der Waals surface area contributed by atoms with Crippen LogP contribution in [0.3, 0.4) is 0 Å². The predicted octanol–water partition coefficient (Wildman–Crippen LogP) is -0.397. The SMILES string of the molecule is O=C(CCn1ccc(=O)[nH]c1=O)NCCN1Cc2cc(F)ccc2OCC1=O. The summed E-state index contributed by atoms with van der Waals surface area (Å²) < 4.78 is 20.0. The second-order valence-electron chi connectivity index (χ2n) is 6.26. The van der Waals surface area contributed by atoms with Crippen LogP contribution < -0.4 is 21.3 Å². The van der Waals surface area contributed by atoms with Crippen molar-refractivity contribution >= 4 is 11.8 Å². The van der Waals surface area contributed by atoms with Crippen LogP contribution in [0.1, 0.15) is 12.0 Å². The van der Waals surface area contributed by atoms with Gasteiger partial charge in [-0.15, -0.1) is 0 Å². The van der Waals surface area contributed by atoms with Gasteiger partial charge in [-0.3, -0.25) is 19.4 Å². The lowest BCUT2D eigenvalue weighted by atomic mass is 10.2. The number of H-pyrrole nitrogens is 1. The highest BCUT2D eigenvalue weighted by atomic mass is 19.1. The number of rotatable bonds is 6. The topological polar surface area (TPSA) is 114 Å². The summed E-state index contributed by atoms with van der Waals surface area (Å²) in [7, 11) is 0. The zero-order chi connectivity index (χ0) is 20.1. The minimum absolute atomic E-state index is 0.0387. The van der Waals surface area contributed by atoms with Gasteiger partial charge in [0.25, 0.3) is 11.5 Å². The molecule has 0 spiro atoms. The molecular weight excluding hydrogens is 371 g/mol. The Bertz CT molecular complexity index is 1000. The van der Waals surface area contributed by atoms with Gasteiger partial charge in [0, 0.05) is 50.4 Å². The molecule has 1 aromatic heterocycles. The maximum Gasteiger partial charge on any atom is 0.328 e. The van der Waals surface area contributed by atoms with Gasteiger partial charge in [-0.2, -0.15) is 0 Å². The first-order valence-electron chi connectivity index (χ1n) is 8.68. The van der Waals surface area contributed by atoms with E-state index in [0.717, 1.165) is 0 Å². The van der Waals surface area contributed by atoms with Gasteiger partial charge < -0.3 is 19.5 Å². The number of halogens is 1. The summed E-state index contributed by atoms with van der Waals surface area (Å²) in [5.74, 6) is -0.510. The van der Waals surface area contributed by atoms with E-state index in [1.165, 1.54) is 39.9 Å². The lowest BCUT2D eigenvalue weighted by Crippen LogP contribution is -2.39. The number of benzene rings is 1. The third kappa shape index (κ3) is 4.84. The third-order valence-electron chi connectivity index (χ3n) is 4.27. The van der Waals surface area contributed by atoms with Gasteiger partial charge in [-0.1, -0.05) is 0 Å². The zero-order valence-corrected chi connectivity index (χ0v) is 14.9. The van der Waals surface area contributed by atoms with E-state index in [-0.39, 0.29) is 51.0 Å². The fourth-order valence-electron chi connectivity index (χ4n) is 2.80. The third-order valence-corrected chi connectivity index (χ3v) is 4.27. The number of nitrogens with one attached hydrogen (secondary N) is 2. The van der Waals surface area contributed by atoms with Gasteiger partial charge >= 0.3 is 5.69 Å². The van der Waals surface area contributed by atoms with Crippen LogP contribution in [-0.4, -0.2) is 46.0 Å². The molecule has 2 N–H and O–H groups in total. The van der Waals surface area contributed by atoms with E-state index in [1.807, 2.05) is 0 Å². The van der Waals surface area contributed by atoms with Crippen molar-refractivity contribution in [2.24, 2.45) is 0 Å². The molecule has 10 heteroatoms. The molecule has 0 radical (unpaired) electrons. The second kappa shape index (κ2) is 8.51. The normalized spacial score (nSPS) is 13.5. The van der Waals surface area contributed by atoms with Crippen molar-refractivity contribution in [3.63, 3.8) is 0 Å². The maximum absolute atomic E-state index is 13.4. The molecule has 2 aromatic rings. The first-order chi connectivity index (χ1) is 13.4. The first-order valence-corrected chi connectivity index (χ1v) is 8.68. The monoisotopic (exact) mass is 390 g/mol. The highest BCUT2D eigenvalue weighted by Crippen LogP contribution is 2.24. The van der Waals surface area contributed by atoms with Crippen molar-refractivity contribution in [3.05, 3.63) is 62.7 Å². The van der Waals surface area contributed by atoms with Gasteiger partial charge in [-0.05, 0) is 18.2 Å². The molecule has 2 amide bonds. The maximum atomic E-state index is 13.4. The molecule has 0 unspecified atom stereocenters. The number of amides is 2. The van der Waals surface area contributed by atoms with E-state index in [0.29, 0.717) is 11.3 Å². The number of aromatic nitrogens is 2. The minimum atomic E-state index is -0.582. The Morgan fingerprint density at radius 3 is 2.82 bits per heavy atom. The summed E-state index contributed by atoms with van der Waals surface area (Å²) in [5.41, 5.74) is -0.519. The van der Waals surface area contributed by atoms with Crippen molar-refractivity contribution in [1.29, 1.82) is 0 Å². The molecule has 3 rings (SSSR count). The first kappa shape index (κ1) is 19.3. The highest BCUT2D eigenvalue weighted by Gasteiger charge is 2.21. The van der Waals surface area contributed by atoms with Crippen LogP contribution in [0.2, 0.25) is 0 Å². The Balaban J connectivity index is 1.49. The van der Waals surface area contributed by atoms with Crippen molar-refractivity contribution in [1.82, 2.24) is 19.8 Å². The van der Waals surface area contributed by atoms with E-state index in [9.17, 15) is 23.6 Å². The summed E-state index contributed by atoms with van der Waals surface area (Å²) in [6, 6.07) is 5.28. The summed E-state index contributed by atoms with van der Waals surface area (Å²) in [6.45, 7) is 0.596. The number of fused-ring (bicyclic) bond motifs is 1. The number of carbonyl (C=O) groups excluding carboxylic acids is 2. The number of aromatic amines is 1. The molecule has 1 aliphatic heterocycles. The molecule has 0 aliphatic carbocycles. The standard InChI is InChI=1S/C18H19FN4O5/c19-13-1-2-14-12(9-13)10-23(17(26)11-28-14)8-5-20-15(24)3-6-22-7-4-16(25)21-18(22)27/h1-2,4,7,9H,3,5-6,8,10-11H2,(H,20,24)(H,21,25,27). The average molecular weight is 390 g/mol. The van der Waals surface area contributed by atoms with Crippen LogP contribution in [0, 0.1) is 5.82 Å². The number of nitrogens with zero attached hydrogens (tertiary/aromatic N) is 2. The number of aryl methyl sites for hydroxylation is 1. The molecule has 0 fully saturated rings. The molecule has 0 saturated carbocycles. The molecule has 1 aliphatic rings. The fraction of sp³-hybridized carbons (Fsp3) is 0.333. The van der Waals surface area contributed by atoms with E-state index in [2.05, 4.69) is 10.3 Å². The second-order valence-corrected chi connectivity index (χ2v) is 6.26. The van der Waals surface area contributed by atoms with Gasteiger partial charge in [0.2, 0.25) is 5.91 Å². The molecule has 2 heterocycles. The summed E-state index contributed by atoms with van der Waals surface area (Å²) >= 11 is 0. The van der Waals surface area contributed by atoms with Crippen LogP contribution in [-0.2, 0) is 22.7 Å². The molecule has 0 bridgehead atoms. The van der Waals surface area contributed by atoms with E-state index in [4.69, 9.17) is 4.74 Å². The molecule has 28 heavy (non-hydrogen) atoms. The summed E-state index contributed by atoms with van der Waals surface area (Å²) in [4.78, 5) is 50.3. The van der Waals surface area contributed by atoms with E-state index in [1.54, 1.807) is 0 Å². The van der Waals surface area contributed by atoms with Crippen LogP contribution in [0.5, 0.6) is 5.75 Å². The van der Waals surface area contributed by atoms with Crippen LogP contribution >= 0.6 is 0 Å². The van der Waals surface area contributed by atoms with E-state index >= 15 is 0 Å².